The number of nitrogens with two attached hydrogens (primary N) is 1. The molecule has 2 heterocycles. The fraction of sp³-hybridized carbons (Fsp3) is 0.500. The average Bonchev–Trinajstić information content (AvgIpc) is 2.61. The largest absolute Gasteiger partial charge is 0.294 e. The molecule has 0 saturated heterocycles. The molecule has 0 saturated carbocycles. The van der Waals surface area contributed by atoms with Crippen LogP contribution >= 0.6 is 23.1 Å². The van der Waals surface area contributed by atoms with E-state index < -0.39 is 10.0 Å². The van der Waals surface area contributed by atoms with E-state index in [1.54, 1.807) is 11.8 Å². The number of carbonyl (C=O) groups is 1. The summed E-state index contributed by atoms with van der Waals surface area (Å²) >= 11 is 2.70. The van der Waals surface area contributed by atoms with Crippen molar-refractivity contribution in [2.75, 3.05) is 0 Å². The summed E-state index contributed by atoms with van der Waals surface area (Å²) in [6, 6.07) is 1.41. The molecule has 1 unspecified atom stereocenters. The van der Waals surface area contributed by atoms with Crippen LogP contribution in [0.2, 0.25) is 0 Å². The van der Waals surface area contributed by atoms with Gasteiger partial charge in [-0.15, -0.1) is 23.1 Å². The predicted octanol–water partition coefficient (Wildman–Crippen LogP) is 2.24. The molecule has 1 aromatic rings. The molecule has 0 spiro atoms. The molecular weight excluding hydrogens is 278 g/mol. The standard InChI is InChI=1S/C10H13NO3S3/c1-2-3-6-4-8(12)7-5-9(17(11,13)14)16-10(7)15-6/h5-6H,2-4H2,1H3,(H2,11,13,14). The smallest absolute Gasteiger partial charge is 0.247 e. The first-order chi connectivity index (χ1) is 7.91. The van der Waals surface area contributed by atoms with Gasteiger partial charge < -0.3 is 0 Å². The van der Waals surface area contributed by atoms with Gasteiger partial charge in [0.2, 0.25) is 10.0 Å². The van der Waals surface area contributed by atoms with Gasteiger partial charge in [-0.3, -0.25) is 4.79 Å². The zero-order valence-electron chi connectivity index (χ0n) is 9.30. The maximum Gasteiger partial charge on any atom is 0.247 e. The van der Waals surface area contributed by atoms with E-state index in [0.29, 0.717) is 12.0 Å². The van der Waals surface area contributed by atoms with Crippen LogP contribution in [0.5, 0.6) is 0 Å². The zero-order chi connectivity index (χ0) is 12.6. The van der Waals surface area contributed by atoms with Crippen molar-refractivity contribution in [1.29, 1.82) is 0 Å². The van der Waals surface area contributed by atoms with E-state index in [0.717, 1.165) is 28.4 Å². The number of ketones is 1. The number of rotatable bonds is 3. The molecule has 1 atom stereocenters. The normalized spacial score (nSPS) is 20.4. The first-order valence-electron chi connectivity index (χ1n) is 5.28. The number of hydrogen-bond donors (Lipinski definition) is 1. The van der Waals surface area contributed by atoms with Gasteiger partial charge in [-0.05, 0) is 12.5 Å². The minimum atomic E-state index is -3.70. The minimum absolute atomic E-state index is 0.0309. The van der Waals surface area contributed by atoms with E-state index in [4.69, 9.17) is 5.14 Å². The molecule has 0 fully saturated rings. The highest BCUT2D eigenvalue weighted by Crippen LogP contribution is 2.43. The average molecular weight is 291 g/mol. The Balaban J connectivity index is 2.36. The van der Waals surface area contributed by atoms with Crippen LogP contribution in [0.15, 0.2) is 14.5 Å². The highest BCUT2D eigenvalue weighted by molar-refractivity contribution is 8.02. The summed E-state index contributed by atoms with van der Waals surface area (Å²) in [7, 11) is -3.70. The van der Waals surface area contributed by atoms with Crippen LogP contribution in [-0.4, -0.2) is 19.5 Å². The van der Waals surface area contributed by atoms with Crippen molar-refractivity contribution >= 4 is 38.9 Å². The van der Waals surface area contributed by atoms with Crippen LogP contribution in [0.25, 0.3) is 0 Å². The van der Waals surface area contributed by atoms with E-state index in [1.165, 1.54) is 6.07 Å². The molecule has 17 heavy (non-hydrogen) atoms. The van der Waals surface area contributed by atoms with Crippen molar-refractivity contribution in [1.82, 2.24) is 0 Å². The topological polar surface area (TPSA) is 77.2 Å². The number of primary sulfonamides is 1. The van der Waals surface area contributed by atoms with Crippen LogP contribution in [0.3, 0.4) is 0 Å². The fourth-order valence-corrected chi connectivity index (χ4v) is 5.63. The Hall–Kier alpha value is -0.370. The molecule has 0 radical (unpaired) electrons. The molecule has 1 aliphatic rings. The third-order valence-electron chi connectivity index (χ3n) is 2.55. The quantitative estimate of drug-likeness (QED) is 0.926. The SMILES string of the molecule is CCCC1CC(=O)c2cc(S(N)(=O)=O)sc2S1. The Bertz CT molecular complexity index is 547. The Labute approximate surface area is 109 Å². The van der Waals surface area contributed by atoms with Crippen LogP contribution in [0, 0.1) is 0 Å². The number of fused-ring (bicyclic) bond motifs is 1. The maximum absolute atomic E-state index is 11.9. The third-order valence-corrected chi connectivity index (χ3v) is 6.61. The summed E-state index contributed by atoms with van der Waals surface area (Å²) < 4.78 is 23.3. The Morgan fingerprint density at radius 2 is 2.24 bits per heavy atom. The second kappa shape index (κ2) is 4.72. The van der Waals surface area contributed by atoms with Gasteiger partial charge >= 0.3 is 0 Å². The van der Waals surface area contributed by atoms with Gasteiger partial charge in [0.25, 0.3) is 0 Å². The lowest BCUT2D eigenvalue weighted by Crippen LogP contribution is -2.15. The molecule has 0 amide bonds. The molecular formula is C10H13NO3S3. The van der Waals surface area contributed by atoms with E-state index in [9.17, 15) is 13.2 Å². The van der Waals surface area contributed by atoms with Crippen LogP contribution in [0.1, 0.15) is 36.5 Å². The predicted molar refractivity (Wildman–Crippen MR) is 69.2 cm³/mol. The van der Waals surface area contributed by atoms with E-state index in [2.05, 4.69) is 6.92 Å². The Morgan fingerprint density at radius 1 is 1.53 bits per heavy atom. The van der Waals surface area contributed by atoms with Gasteiger partial charge in [0, 0.05) is 17.2 Å². The van der Waals surface area contributed by atoms with Gasteiger partial charge in [0.15, 0.2) is 5.78 Å². The summed E-state index contributed by atoms with van der Waals surface area (Å²) in [4.78, 5) is 11.9. The third kappa shape index (κ3) is 2.73. The molecule has 0 aliphatic carbocycles. The van der Waals surface area contributed by atoms with Crippen molar-refractivity contribution in [2.24, 2.45) is 5.14 Å². The molecule has 0 bridgehead atoms. The molecule has 1 aromatic heterocycles. The van der Waals surface area contributed by atoms with Crippen LogP contribution in [0.4, 0.5) is 0 Å². The highest BCUT2D eigenvalue weighted by atomic mass is 32.3. The van der Waals surface area contributed by atoms with E-state index in [1.807, 2.05) is 0 Å². The molecule has 4 nitrogen and oxygen atoms in total. The maximum atomic E-state index is 11.9. The van der Waals surface area contributed by atoms with Crippen molar-refractivity contribution in [3.8, 4) is 0 Å². The number of thioether (sulfide) groups is 1. The summed E-state index contributed by atoms with van der Waals surface area (Å²) in [6.45, 7) is 2.07. The van der Waals surface area contributed by atoms with Crippen molar-refractivity contribution in [3.05, 3.63) is 11.6 Å². The summed E-state index contributed by atoms with van der Waals surface area (Å²) in [6.07, 6.45) is 2.48. The van der Waals surface area contributed by atoms with Crippen molar-refractivity contribution in [3.63, 3.8) is 0 Å². The molecule has 0 aromatic carbocycles. The molecule has 7 heteroatoms. The van der Waals surface area contributed by atoms with Gasteiger partial charge in [-0.2, -0.15) is 0 Å². The number of hydrogen-bond acceptors (Lipinski definition) is 5. The summed E-state index contributed by atoms with van der Waals surface area (Å²) in [5.41, 5.74) is 0.524. The van der Waals surface area contributed by atoms with Crippen LogP contribution in [-0.2, 0) is 10.0 Å². The lowest BCUT2D eigenvalue weighted by molar-refractivity contribution is 0.0976. The van der Waals surface area contributed by atoms with Crippen molar-refractivity contribution < 1.29 is 13.2 Å². The highest BCUT2D eigenvalue weighted by Gasteiger charge is 2.29. The second-order valence-corrected chi connectivity index (χ2v) is 8.38. The number of Topliss-reactive ketones (excluding diaryl/α,β-unsaturated/α-hetero) is 1. The van der Waals surface area contributed by atoms with Crippen LogP contribution < -0.4 is 5.14 Å². The zero-order valence-corrected chi connectivity index (χ0v) is 11.8. The molecule has 94 valence electrons. The number of sulfonamides is 1. The summed E-state index contributed by atoms with van der Waals surface area (Å²) in [5.74, 6) is 0.0309. The van der Waals surface area contributed by atoms with Crippen molar-refractivity contribution in [2.45, 2.75) is 39.9 Å². The first kappa shape index (κ1) is 13.1. The van der Waals surface area contributed by atoms with E-state index in [-0.39, 0.29) is 15.2 Å². The first-order valence-corrected chi connectivity index (χ1v) is 8.52. The molecule has 2 rings (SSSR count). The van der Waals surface area contributed by atoms with Gasteiger partial charge in [-0.1, -0.05) is 13.3 Å². The lowest BCUT2D eigenvalue weighted by atomic mass is 10.1. The fourth-order valence-electron chi connectivity index (χ4n) is 1.77. The number of thiophene rings is 1. The van der Waals surface area contributed by atoms with Gasteiger partial charge in [0.05, 0.1) is 4.21 Å². The molecule has 2 N–H and O–H groups in total. The Kier molecular flexibility index (Phi) is 3.63. The van der Waals surface area contributed by atoms with Gasteiger partial charge in [0.1, 0.15) is 4.21 Å². The van der Waals surface area contributed by atoms with E-state index >= 15 is 0 Å². The number of carbonyl (C=O) groups excluding carboxylic acids is 1. The monoisotopic (exact) mass is 291 g/mol. The molecule has 1 aliphatic heterocycles. The van der Waals surface area contributed by atoms with Gasteiger partial charge in [-0.25, -0.2) is 13.6 Å². The second-order valence-electron chi connectivity index (χ2n) is 3.97. The summed E-state index contributed by atoms with van der Waals surface area (Å²) in [5, 5.41) is 5.34. The lowest BCUT2D eigenvalue weighted by Gasteiger charge is -2.19. The minimum Gasteiger partial charge on any atom is -0.294 e. The Morgan fingerprint density at radius 3 is 2.82 bits per heavy atom.